The lowest BCUT2D eigenvalue weighted by molar-refractivity contribution is -0.141. The molecule has 3 rings (SSSR count). The minimum absolute atomic E-state index is 0.0771. The normalized spacial score (nSPS) is 21.1. The number of β-amino-alcohol motifs (C(OH)–C–C–N with tert-alkyl or cyclic N) is 1. The zero-order valence-electron chi connectivity index (χ0n) is 13.1. The van der Waals surface area contributed by atoms with Gasteiger partial charge < -0.3 is 10.1 Å². The molecular formula is C15H20F3N5O. The molecule has 6 nitrogen and oxygen atoms in total. The van der Waals surface area contributed by atoms with Gasteiger partial charge in [0.2, 0.25) is 0 Å². The molecule has 2 aromatic rings. The molecule has 0 spiro atoms. The predicted octanol–water partition coefficient (Wildman–Crippen LogP) is 1.87. The number of hydrogen-bond acceptors (Lipinski definition) is 4. The average Bonchev–Trinajstić information content (AvgIpc) is 3.17. The number of aromatic amines is 1. The molecule has 1 saturated heterocycles. The molecule has 3 heterocycles. The van der Waals surface area contributed by atoms with Crippen molar-refractivity contribution in [3.63, 3.8) is 0 Å². The molecule has 1 fully saturated rings. The molecule has 2 atom stereocenters. The number of halogens is 3. The van der Waals surface area contributed by atoms with Gasteiger partial charge in [-0.1, -0.05) is 0 Å². The van der Waals surface area contributed by atoms with Gasteiger partial charge in [-0.3, -0.25) is 9.58 Å². The fourth-order valence-electron chi connectivity index (χ4n) is 3.11. The zero-order chi connectivity index (χ0) is 17.2. The number of imidazole rings is 1. The summed E-state index contributed by atoms with van der Waals surface area (Å²) < 4.78 is 39.7. The molecule has 0 amide bonds. The number of nitrogens with one attached hydrogen (secondary N) is 1. The smallest absolute Gasteiger partial charge is 0.390 e. The Morgan fingerprint density at radius 3 is 2.88 bits per heavy atom. The van der Waals surface area contributed by atoms with E-state index in [1.807, 2.05) is 0 Å². The van der Waals surface area contributed by atoms with Gasteiger partial charge in [0.25, 0.3) is 0 Å². The first kappa shape index (κ1) is 17.0. The van der Waals surface area contributed by atoms with Crippen LogP contribution in [0.3, 0.4) is 0 Å². The summed E-state index contributed by atoms with van der Waals surface area (Å²) in [6.07, 6.45) is 0.951. The van der Waals surface area contributed by atoms with Gasteiger partial charge in [0.1, 0.15) is 11.5 Å². The van der Waals surface area contributed by atoms with Crippen LogP contribution in [0, 0.1) is 0 Å². The molecule has 2 aromatic heterocycles. The van der Waals surface area contributed by atoms with Crippen molar-refractivity contribution in [2.75, 3.05) is 19.6 Å². The van der Waals surface area contributed by atoms with E-state index in [9.17, 15) is 18.3 Å². The van der Waals surface area contributed by atoms with E-state index in [1.54, 1.807) is 23.1 Å². The Morgan fingerprint density at radius 1 is 1.38 bits per heavy atom. The van der Waals surface area contributed by atoms with E-state index in [2.05, 4.69) is 20.0 Å². The van der Waals surface area contributed by atoms with Crippen molar-refractivity contribution in [2.45, 2.75) is 37.6 Å². The highest BCUT2D eigenvalue weighted by molar-refractivity contribution is 5.09. The standard InChI is InChI=1S/C15H20F3N5O/c16-15(17,18)13-7-19-14(21-13)11-3-1-5-22(8-11)9-12(24)10-23-6-2-4-20-23/h2,4,6-7,11-12,24H,1,3,5,8-10H2,(H,19,21). The summed E-state index contributed by atoms with van der Waals surface area (Å²) in [6.45, 7) is 2.26. The van der Waals surface area contributed by atoms with Crippen LogP contribution < -0.4 is 0 Å². The van der Waals surface area contributed by atoms with Gasteiger partial charge in [0.05, 0.1) is 18.8 Å². The summed E-state index contributed by atoms with van der Waals surface area (Å²) in [4.78, 5) is 8.36. The van der Waals surface area contributed by atoms with Gasteiger partial charge in [0.15, 0.2) is 0 Å². The predicted molar refractivity (Wildman–Crippen MR) is 80.2 cm³/mol. The Labute approximate surface area is 137 Å². The van der Waals surface area contributed by atoms with Crippen molar-refractivity contribution >= 4 is 0 Å². The van der Waals surface area contributed by atoms with Crippen molar-refractivity contribution < 1.29 is 18.3 Å². The van der Waals surface area contributed by atoms with E-state index in [1.165, 1.54) is 0 Å². The molecule has 2 N–H and O–H groups in total. The van der Waals surface area contributed by atoms with Crippen LogP contribution in [-0.2, 0) is 12.7 Å². The Morgan fingerprint density at radius 2 is 2.21 bits per heavy atom. The number of alkyl halides is 3. The number of hydrogen-bond donors (Lipinski definition) is 2. The summed E-state index contributed by atoms with van der Waals surface area (Å²) in [5.74, 6) is 0.292. The van der Waals surface area contributed by atoms with E-state index < -0.39 is 18.0 Å². The van der Waals surface area contributed by atoms with E-state index in [4.69, 9.17) is 0 Å². The van der Waals surface area contributed by atoms with Crippen molar-refractivity contribution in [3.8, 4) is 0 Å². The Balaban J connectivity index is 1.57. The third kappa shape index (κ3) is 4.15. The Bertz CT molecular complexity index is 640. The van der Waals surface area contributed by atoms with Crippen LogP contribution in [0.1, 0.15) is 30.3 Å². The van der Waals surface area contributed by atoms with E-state index in [-0.39, 0.29) is 5.92 Å². The molecule has 0 aliphatic carbocycles. The largest absolute Gasteiger partial charge is 0.432 e. The molecule has 132 valence electrons. The van der Waals surface area contributed by atoms with Gasteiger partial charge in [-0.05, 0) is 25.5 Å². The maximum atomic E-state index is 12.7. The number of likely N-dealkylation sites (tertiary alicyclic amines) is 1. The maximum absolute atomic E-state index is 12.7. The summed E-state index contributed by atoms with van der Waals surface area (Å²) in [5, 5.41) is 14.2. The molecule has 24 heavy (non-hydrogen) atoms. The first-order valence-corrected chi connectivity index (χ1v) is 7.92. The number of aromatic nitrogens is 4. The minimum atomic E-state index is -4.40. The van der Waals surface area contributed by atoms with Crippen LogP contribution in [0.4, 0.5) is 13.2 Å². The number of aliphatic hydroxyl groups is 1. The molecule has 1 aliphatic rings. The summed E-state index contributed by atoms with van der Waals surface area (Å²) in [5.41, 5.74) is -0.812. The van der Waals surface area contributed by atoms with Crippen LogP contribution in [0.2, 0.25) is 0 Å². The Hall–Kier alpha value is -1.87. The second-order valence-corrected chi connectivity index (χ2v) is 6.16. The number of piperidine rings is 1. The molecule has 2 unspecified atom stereocenters. The van der Waals surface area contributed by atoms with Crippen molar-refractivity contribution in [1.82, 2.24) is 24.6 Å². The number of H-pyrrole nitrogens is 1. The molecule has 0 bridgehead atoms. The zero-order valence-corrected chi connectivity index (χ0v) is 13.1. The van der Waals surface area contributed by atoms with E-state index in [0.29, 0.717) is 25.5 Å². The van der Waals surface area contributed by atoms with Crippen molar-refractivity contribution in [1.29, 1.82) is 0 Å². The number of nitrogens with zero attached hydrogens (tertiary/aromatic N) is 4. The van der Waals surface area contributed by atoms with Gasteiger partial charge in [-0.2, -0.15) is 18.3 Å². The lowest BCUT2D eigenvalue weighted by atomic mass is 9.97. The maximum Gasteiger partial charge on any atom is 0.432 e. The monoisotopic (exact) mass is 343 g/mol. The highest BCUT2D eigenvalue weighted by Crippen LogP contribution is 2.31. The highest BCUT2D eigenvalue weighted by atomic mass is 19.4. The minimum Gasteiger partial charge on any atom is -0.390 e. The molecule has 0 saturated carbocycles. The molecular weight excluding hydrogens is 323 g/mol. The lowest BCUT2D eigenvalue weighted by Crippen LogP contribution is -2.41. The lowest BCUT2D eigenvalue weighted by Gasteiger charge is -2.33. The summed E-state index contributed by atoms with van der Waals surface area (Å²) in [6, 6.07) is 1.79. The molecule has 0 aromatic carbocycles. The first-order valence-electron chi connectivity index (χ1n) is 7.92. The third-order valence-electron chi connectivity index (χ3n) is 4.22. The molecule has 9 heteroatoms. The van der Waals surface area contributed by atoms with Gasteiger partial charge in [0, 0.05) is 31.4 Å². The summed E-state index contributed by atoms with van der Waals surface area (Å²) in [7, 11) is 0. The molecule has 0 radical (unpaired) electrons. The number of aliphatic hydroxyl groups excluding tert-OH is 1. The fraction of sp³-hybridized carbons (Fsp3) is 0.600. The first-order chi connectivity index (χ1) is 11.4. The van der Waals surface area contributed by atoms with Crippen LogP contribution in [-0.4, -0.2) is 55.5 Å². The van der Waals surface area contributed by atoms with Crippen molar-refractivity contribution in [3.05, 3.63) is 36.2 Å². The Kier molecular flexibility index (Phi) is 4.91. The van der Waals surface area contributed by atoms with Gasteiger partial charge >= 0.3 is 6.18 Å². The second kappa shape index (κ2) is 6.94. The van der Waals surface area contributed by atoms with Crippen molar-refractivity contribution in [2.24, 2.45) is 0 Å². The average molecular weight is 343 g/mol. The molecule has 1 aliphatic heterocycles. The van der Waals surface area contributed by atoms with Crippen LogP contribution in [0.25, 0.3) is 0 Å². The SMILES string of the molecule is OC(CN1CCCC(c2ncc(C(F)(F)F)[nH]2)C1)Cn1cccn1. The highest BCUT2D eigenvalue weighted by Gasteiger charge is 2.34. The topological polar surface area (TPSA) is 70.0 Å². The second-order valence-electron chi connectivity index (χ2n) is 6.16. The third-order valence-corrected chi connectivity index (χ3v) is 4.22. The van der Waals surface area contributed by atoms with Crippen LogP contribution >= 0.6 is 0 Å². The van der Waals surface area contributed by atoms with E-state index >= 15 is 0 Å². The quantitative estimate of drug-likeness (QED) is 0.870. The van der Waals surface area contributed by atoms with Crippen LogP contribution in [0.5, 0.6) is 0 Å². The summed E-state index contributed by atoms with van der Waals surface area (Å²) >= 11 is 0. The number of rotatable bonds is 5. The van der Waals surface area contributed by atoms with Gasteiger partial charge in [-0.15, -0.1) is 0 Å². The van der Waals surface area contributed by atoms with E-state index in [0.717, 1.165) is 25.6 Å². The van der Waals surface area contributed by atoms with Crippen LogP contribution in [0.15, 0.2) is 24.7 Å². The van der Waals surface area contributed by atoms with Gasteiger partial charge in [-0.25, -0.2) is 4.98 Å². The fourth-order valence-corrected chi connectivity index (χ4v) is 3.11.